The fourth-order valence-corrected chi connectivity index (χ4v) is 3.40. The molecule has 0 aliphatic heterocycles. The molecule has 2 aromatic heterocycles. The Kier molecular flexibility index (Phi) is 4.33. The number of ether oxygens (including phenoxy) is 1. The van der Waals surface area contributed by atoms with Gasteiger partial charge in [0, 0.05) is 23.2 Å². The van der Waals surface area contributed by atoms with Crippen LogP contribution in [0.2, 0.25) is 0 Å². The zero-order valence-electron chi connectivity index (χ0n) is 13.6. The van der Waals surface area contributed by atoms with Gasteiger partial charge in [-0.05, 0) is 34.7 Å². The maximum atomic E-state index is 10.9. The fourth-order valence-electron chi connectivity index (χ4n) is 2.73. The van der Waals surface area contributed by atoms with E-state index in [1.54, 1.807) is 6.20 Å². The normalized spacial score (nSPS) is 10.8. The quantitative estimate of drug-likeness (QED) is 0.560. The molecule has 26 heavy (non-hydrogen) atoms. The van der Waals surface area contributed by atoms with E-state index in [0.717, 1.165) is 21.9 Å². The molecule has 1 N–H and O–H groups in total. The Hall–Kier alpha value is -3.25. The Bertz CT molecular complexity index is 1070. The largest absolute Gasteiger partial charge is 0.486 e. The van der Waals surface area contributed by atoms with E-state index in [2.05, 4.69) is 16.0 Å². The molecule has 0 saturated carbocycles. The molecule has 0 radical (unpaired) electrons. The van der Waals surface area contributed by atoms with Gasteiger partial charge in [-0.25, -0.2) is 9.78 Å². The van der Waals surface area contributed by atoms with Crippen LogP contribution in [0, 0.1) is 0 Å². The number of carboxylic acids is 1. The maximum absolute atomic E-state index is 10.9. The molecule has 0 unspecified atom stereocenters. The van der Waals surface area contributed by atoms with Crippen molar-refractivity contribution in [3.63, 3.8) is 0 Å². The summed E-state index contributed by atoms with van der Waals surface area (Å²) in [5.41, 5.74) is 2.29. The van der Waals surface area contributed by atoms with Crippen LogP contribution in [-0.4, -0.2) is 21.0 Å². The Labute approximate surface area is 153 Å². The highest BCUT2D eigenvalue weighted by atomic mass is 32.1. The highest BCUT2D eigenvalue weighted by molar-refractivity contribution is 7.09. The minimum atomic E-state index is -1.03. The summed E-state index contributed by atoms with van der Waals surface area (Å²) >= 11 is 1.28. The molecule has 5 nitrogen and oxygen atoms in total. The van der Waals surface area contributed by atoms with Gasteiger partial charge in [0.05, 0.1) is 0 Å². The van der Waals surface area contributed by atoms with Gasteiger partial charge in [0.2, 0.25) is 0 Å². The first-order chi connectivity index (χ1) is 12.7. The van der Waals surface area contributed by atoms with Crippen molar-refractivity contribution in [3.8, 4) is 16.9 Å². The minimum absolute atomic E-state index is 0.0504. The molecule has 0 amide bonds. The number of hydrogen-bond acceptors (Lipinski definition) is 5. The van der Waals surface area contributed by atoms with Gasteiger partial charge in [-0.3, -0.25) is 4.98 Å². The zero-order chi connectivity index (χ0) is 17.9. The van der Waals surface area contributed by atoms with E-state index in [-0.39, 0.29) is 12.3 Å². The molecule has 128 valence electrons. The number of thiazole rings is 1. The number of fused-ring (bicyclic) bond motifs is 1. The van der Waals surface area contributed by atoms with Crippen molar-refractivity contribution in [3.05, 3.63) is 77.0 Å². The van der Waals surface area contributed by atoms with E-state index in [9.17, 15) is 4.79 Å². The first kappa shape index (κ1) is 16.2. The number of aromatic carboxylic acids is 1. The molecule has 2 aromatic carbocycles. The van der Waals surface area contributed by atoms with E-state index < -0.39 is 5.97 Å². The lowest BCUT2D eigenvalue weighted by atomic mass is 9.99. The third-order valence-corrected chi connectivity index (χ3v) is 4.80. The number of aromatic nitrogens is 2. The van der Waals surface area contributed by atoms with Crippen LogP contribution in [0.15, 0.2) is 66.3 Å². The SMILES string of the molecule is O=C(O)c1csc(COc2ccc(-c3cccc4cnccc34)cc2)n1. The smallest absolute Gasteiger partial charge is 0.355 e. The Morgan fingerprint density at radius 3 is 2.73 bits per heavy atom. The molecule has 0 fully saturated rings. The van der Waals surface area contributed by atoms with Crippen molar-refractivity contribution in [1.29, 1.82) is 0 Å². The lowest BCUT2D eigenvalue weighted by molar-refractivity contribution is 0.0691. The average Bonchev–Trinajstić information content (AvgIpc) is 3.16. The van der Waals surface area contributed by atoms with Gasteiger partial charge in [-0.2, -0.15) is 0 Å². The van der Waals surface area contributed by atoms with E-state index in [1.807, 2.05) is 48.7 Å². The molecule has 4 rings (SSSR count). The summed E-state index contributed by atoms with van der Waals surface area (Å²) < 4.78 is 5.71. The number of carboxylic acid groups (broad SMARTS) is 1. The predicted molar refractivity (Wildman–Crippen MR) is 101 cm³/mol. The van der Waals surface area contributed by atoms with Gasteiger partial charge < -0.3 is 9.84 Å². The summed E-state index contributed by atoms with van der Waals surface area (Å²) in [6, 6.07) is 16.0. The summed E-state index contributed by atoms with van der Waals surface area (Å²) in [4.78, 5) is 19.0. The minimum Gasteiger partial charge on any atom is -0.486 e. The summed E-state index contributed by atoms with van der Waals surface area (Å²) in [6.07, 6.45) is 3.65. The Balaban J connectivity index is 1.52. The van der Waals surface area contributed by atoms with Gasteiger partial charge in [0.15, 0.2) is 5.69 Å². The van der Waals surface area contributed by atoms with Crippen LogP contribution in [0.25, 0.3) is 21.9 Å². The predicted octanol–water partition coefficient (Wildman–Crippen LogP) is 4.64. The summed E-state index contributed by atoms with van der Waals surface area (Å²) in [6.45, 7) is 0.247. The van der Waals surface area contributed by atoms with Gasteiger partial charge >= 0.3 is 5.97 Å². The van der Waals surface area contributed by atoms with Crippen LogP contribution in [0.5, 0.6) is 5.75 Å². The number of hydrogen-bond donors (Lipinski definition) is 1. The fraction of sp³-hybridized carbons (Fsp3) is 0.0500. The molecule has 0 spiro atoms. The first-order valence-electron chi connectivity index (χ1n) is 7.94. The van der Waals surface area contributed by atoms with Gasteiger partial charge in [-0.15, -0.1) is 11.3 Å². The third kappa shape index (κ3) is 3.27. The zero-order valence-corrected chi connectivity index (χ0v) is 14.4. The van der Waals surface area contributed by atoms with E-state index in [0.29, 0.717) is 10.8 Å². The summed E-state index contributed by atoms with van der Waals surface area (Å²) in [7, 11) is 0. The van der Waals surface area contributed by atoms with Crippen LogP contribution < -0.4 is 4.74 Å². The van der Waals surface area contributed by atoms with Crippen LogP contribution in [-0.2, 0) is 6.61 Å². The molecular formula is C20H14N2O3S. The number of benzene rings is 2. The molecule has 2 heterocycles. The molecular weight excluding hydrogens is 348 g/mol. The van der Waals surface area contributed by atoms with E-state index in [1.165, 1.54) is 16.7 Å². The lowest BCUT2D eigenvalue weighted by Gasteiger charge is -2.08. The highest BCUT2D eigenvalue weighted by Crippen LogP contribution is 2.29. The monoisotopic (exact) mass is 362 g/mol. The van der Waals surface area contributed by atoms with Crippen molar-refractivity contribution in [2.24, 2.45) is 0 Å². The molecule has 0 bridgehead atoms. The molecule has 0 atom stereocenters. The second-order valence-electron chi connectivity index (χ2n) is 5.65. The lowest BCUT2D eigenvalue weighted by Crippen LogP contribution is -1.99. The highest BCUT2D eigenvalue weighted by Gasteiger charge is 2.09. The van der Waals surface area contributed by atoms with Crippen molar-refractivity contribution in [1.82, 2.24) is 9.97 Å². The standard InChI is InChI=1S/C20H14N2O3S/c23-20(24)18-12-26-19(22-18)11-25-15-6-4-13(5-7-15)16-3-1-2-14-10-21-9-8-17(14)16/h1-10,12H,11H2,(H,23,24). The first-order valence-corrected chi connectivity index (χ1v) is 8.82. The number of carbonyl (C=O) groups is 1. The third-order valence-electron chi connectivity index (χ3n) is 3.98. The van der Waals surface area contributed by atoms with Crippen molar-refractivity contribution in [2.45, 2.75) is 6.61 Å². The van der Waals surface area contributed by atoms with Gasteiger partial charge in [-0.1, -0.05) is 30.3 Å². The van der Waals surface area contributed by atoms with Crippen LogP contribution in [0.4, 0.5) is 0 Å². The Morgan fingerprint density at radius 2 is 1.96 bits per heavy atom. The summed E-state index contributed by atoms with van der Waals surface area (Å²) in [5, 5.41) is 13.3. The summed E-state index contributed by atoms with van der Waals surface area (Å²) in [5.74, 6) is -0.315. The molecule has 6 heteroatoms. The van der Waals surface area contributed by atoms with Gasteiger partial charge in [0.1, 0.15) is 17.4 Å². The molecule has 0 aliphatic rings. The average molecular weight is 362 g/mol. The van der Waals surface area contributed by atoms with Gasteiger partial charge in [0.25, 0.3) is 0 Å². The molecule has 0 aliphatic carbocycles. The van der Waals surface area contributed by atoms with E-state index >= 15 is 0 Å². The molecule has 0 saturated heterocycles. The second-order valence-corrected chi connectivity index (χ2v) is 6.59. The van der Waals surface area contributed by atoms with E-state index in [4.69, 9.17) is 9.84 Å². The van der Waals surface area contributed by atoms with Crippen molar-refractivity contribution < 1.29 is 14.6 Å². The topological polar surface area (TPSA) is 72.3 Å². The Morgan fingerprint density at radius 1 is 1.12 bits per heavy atom. The van der Waals surface area contributed by atoms with Crippen LogP contribution in [0.1, 0.15) is 15.5 Å². The second kappa shape index (κ2) is 6.93. The van der Waals surface area contributed by atoms with Crippen molar-refractivity contribution >= 4 is 28.1 Å². The van der Waals surface area contributed by atoms with Crippen molar-refractivity contribution in [2.75, 3.05) is 0 Å². The van der Waals surface area contributed by atoms with Crippen LogP contribution >= 0.6 is 11.3 Å². The number of pyridine rings is 1. The maximum Gasteiger partial charge on any atom is 0.355 e. The van der Waals surface area contributed by atoms with Crippen LogP contribution in [0.3, 0.4) is 0 Å². The molecule has 4 aromatic rings. The number of nitrogens with zero attached hydrogens (tertiary/aromatic N) is 2. The number of rotatable bonds is 5.